The molecule has 2 unspecified atom stereocenters. The third kappa shape index (κ3) is 2.92. The molecule has 2 N–H and O–H groups in total. The van der Waals surface area contributed by atoms with E-state index < -0.39 is 5.60 Å². The molecule has 4 heteroatoms. The number of rotatable bonds is 1. The minimum Gasteiger partial charge on any atom is -0.481 e. The lowest BCUT2D eigenvalue weighted by Crippen LogP contribution is -2.43. The van der Waals surface area contributed by atoms with Crippen LogP contribution in [0.2, 0.25) is 0 Å². The van der Waals surface area contributed by atoms with Crippen molar-refractivity contribution < 1.29 is 13.9 Å². The van der Waals surface area contributed by atoms with Gasteiger partial charge in [-0.2, -0.15) is 0 Å². The smallest absolute Gasteiger partial charge is 0.165 e. The molecule has 0 radical (unpaired) electrons. The zero-order chi connectivity index (χ0) is 15.3. The van der Waals surface area contributed by atoms with Crippen molar-refractivity contribution in [3.05, 3.63) is 29.1 Å². The van der Waals surface area contributed by atoms with Crippen molar-refractivity contribution in [3.8, 4) is 5.75 Å². The second-order valence-electron chi connectivity index (χ2n) is 7.63. The Hall–Kier alpha value is -1.13. The average molecular weight is 293 g/mol. The number of halogens is 1. The molecule has 2 aliphatic heterocycles. The summed E-state index contributed by atoms with van der Waals surface area (Å²) in [5, 5.41) is 0. The summed E-state index contributed by atoms with van der Waals surface area (Å²) in [4.78, 5) is 0. The monoisotopic (exact) mass is 293 g/mol. The molecule has 3 nitrogen and oxygen atoms in total. The molecule has 1 aromatic rings. The third-order valence-corrected chi connectivity index (χ3v) is 4.24. The van der Waals surface area contributed by atoms with Gasteiger partial charge in [-0.15, -0.1) is 0 Å². The molecule has 0 aromatic heterocycles. The van der Waals surface area contributed by atoms with Crippen molar-refractivity contribution in [1.29, 1.82) is 0 Å². The maximum Gasteiger partial charge on any atom is 0.165 e. The van der Waals surface area contributed by atoms with E-state index in [-0.39, 0.29) is 17.3 Å². The highest BCUT2D eigenvalue weighted by atomic mass is 19.1. The van der Waals surface area contributed by atoms with Crippen LogP contribution in [0.5, 0.6) is 5.75 Å². The van der Waals surface area contributed by atoms with Crippen LogP contribution >= 0.6 is 0 Å². The van der Waals surface area contributed by atoms with Crippen molar-refractivity contribution in [1.82, 2.24) is 0 Å². The van der Waals surface area contributed by atoms with Gasteiger partial charge in [0.25, 0.3) is 0 Å². The average Bonchev–Trinajstić information content (AvgIpc) is 2.77. The highest BCUT2D eigenvalue weighted by molar-refractivity contribution is 5.43. The van der Waals surface area contributed by atoms with E-state index in [1.165, 1.54) is 0 Å². The summed E-state index contributed by atoms with van der Waals surface area (Å²) in [5.41, 5.74) is 7.76. The molecular weight excluding hydrogens is 269 g/mol. The van der Waals surface area contributed by atoms with Gasteiger partial charge in [0.15, 0.2) is 11.6 Å². The van der Waals surface area contributed by atoms with E-state index in [1.807, 2.05) is 6.07 Å². The lowest BCUT2D eigenvalue weighted by molar-refractivity contribution is 0.0198. The molecule has 0 bridgehead atoms. The third-order valence-electron chi connectivity index (χ3n) is 4.24. The molecule has 0 aliphatic carbocycles. The normalized spacial score (nSPS) is 28.5. The Bertz CT molecular complexity index is 544. The summed E-state index contributed by atoms with van der Waals surface area (Å²) < 4.78 is 25.9. The standard InChI is InChI=1S/C17H24FNO2/c1-16(2,3)8-11-6-12-14(19)9-17(4-5-20-10-17)21-15(12)13(18)7-11/h6-7,14H,4-5,8-10,19H2,1-3H3. The van der Waals surface area contributed by atoms with Crippen molar-refractivity contribution in [2.75, 3.05) is 13.2 Å². The maximum atomic E-state index is 14.5. The summed E-state index contributed by atoms with van der Waals surface area (Å²) in [7, 11) is 0. The summed E-state index contributed by atoms with van der Waals surface area (Å²) in [6.07, 6.45) is 2.29. The number of benzene rings is 1. The topological polar surface area (TPSA) is 44.5 Å². The van der Waals surface area contributed by atoms with E-state index in [1.54, 1.807) is 6.07 Å². The van der Waals surface area contributed by atoms with Crippen LogP contribution in [-0.4, -0.2) is 18.8 Å². The molecule has 116 valence electrons. The number of nitrogens with two attached hydrogens (primary N) is 1. The highest BCUT2D eigenvalue weighted by Crippen LogP contribution is 2.44. The summed E-state index contributed by atoms with van der Waals surface area (Å²) in [6.45, 7) is 7.60. The number of hydrogen-bond donors (Lipinski definition) is 1. The molecule has 0 amide bonds. The first-order valence-electron chi connectivity index (χ1n) is 7.63. The van der Waals surface area contributed by atoms with Gasteiger partial charge in [-0.05, 0) is 23.5 Å². The van der Waals surface area contributed by atoms with Crippen LogP contribution in [0.3, 0.4) is 0 Å². The van der Waals surface area contributed by atoms with Crippen LogP contribution < -0.4 is 10.5 Å². The fraction of sp³-hybridized carbons (Fsp3) is 0.647. The van der Waals surface area contributed by atoms with Crippen LogP contribution in [0.4, 0.5) is 4.39 Å². The fourth-order valence-electron chi connectivity index (χ4n) is 3.37. The molecule has 2 heterocycles. The largest absolute Gasteiger partial charge is 0.481 e. The van der Waals surface area contributed by atoms with Gasteiger partial charge < -0.3 is 15.2 Å². The van der Waals surface area contributed by atoms with Crippen LogP contribution in [0.15, 0.2) is 12.1 Å². The minimum absolute atomic E-state index is 0.112. The highest BCUT2D eigenvalue weighted by Gasteiger charge is 2.44. The lowest BCUT2D eigenvalue weighted by atomic mass is 9.83. The van der Waals surface area contributed by atoms with Crippen LogP contribution in [-0.2, 0) is 11.2 Å². The Balaban J connectivity index is 1.96. The van der Waals surface area contributed by atoms with Crippen molar-refractivity contribution in [3.63, 3.8) is 0 Å². The fourth-order valence-corrected chi connectivity index (χ4v) is 3.37. The number of fused-ring (bicyclic) bond motifs is 1. The van der Waals surface area contributed by atoms with Crippen LogP contribution in [0.25, 0.3) is 0 Å². The first-order valence-corrected chi connectivity index (χ1v) is 7.63. The summed E-state index contributed by atoms with van der Waals surface area (Å²) >= 11 is 0. The molecule has 2 atom stereocenters. The quantitative estimate of drug-likeness (QED) is 0.863. The molecule has 1 aromatic carbocycles. The molecule has 0 saturated carbocycles. The molecule has 1 fully saturated rings. The van der Waals surface area contributed by atoms with E-state index >= 15 is 0 Å². The molecule has 1 spiro atoms. The Kier molecular flexibility index (Phi) is 3.49. The molecule has 3 rings (SSSR count). The predicted octanol–water partition coefficient (Wildman–Crippen LogP) is 3.36. The Labute approximate surface area is 125 Å². The Morgan fingerprint density at radius 1 is 1.38 bits per heavy atom. The zero-order valence-electron chi connectivity index (χ0n) is 13.0. The lowest BCUT2D eigenvalue weighted by Gasteiger charge is -2.38. The maximum absolute atomic E-state index is 14.5. The van der Waals surface area contributed by atoms with E-state index in [9.17, 15) is 4.39 Å². The van der Waals surface area contributed by atoms with E-state index in [0.717, 1.165) is 24.0 Å². The van der Waals surface area contributed by atoms with E-state index in [4.69, 9.17) is 15.2 Å². The summed E-state index contributed by atoms with van der Waals surface area (Å²) in [5.74, 6) is 0.0325. The Morgan fingerprint density at radius 3 is 2.76 bits per heavy atom. The SMILES string of the molecule is CC(C)(C)Cc1cc(F)c2c(c1)C(N)CC1(CCOC1)O2. The predicted molar refractivity (Wildman–Crippen MR) is 79.9 cm³/mol. The van der Waals surface area contributed by atoms with E-state index in [2.05, 4.69) is 20.8 Å². The second-order valence-corrected chi connectivity index (χ2v) is 7.63. The number of ether oxygens (including phenoxy) is 2. The Morgan fingerprint density at radius 2 is 2.14 bits per heavy atom. The van der Waals surface area contributed by atoms with Gasteiger partial charge in [0, 0.05) is 24.4 Å². The second kappa shape index (κ2) is 4.96. The first kappa shape index (κ1) is 14.8. The van der Waals surface area contributed by atoms with Gasteiger partial charge in [0.05, 0.1) is 13.2 Å². The number of hydrogen-bond acceptors (Lipinski definition) is 3. The van der Waals surface area contributed by atoms with Crippen molar-refractivity contribution in [2.24, 2.45) is 11.1 Å². The molecule has 1 saturated heterocycles. The van der Waals surface area contributed by atoms with Gasteiger partial charge in [0.1, 0.15) is 5.60 Å². The van der Waals surface area contributed by atoms with Crippen LogP contribution in [0, 0.1) is 11.2 Å². The van der Waals surface area contributed by atoms with Crippen molar-refractivity contribution >= 4 is 0 Å². The first-order chi connectivity index (χ1) is 9.78. The van der Waals surface area contributed by atoms with Gasteiger partial charge >= 0.3 is 0 Å². The van der Waals surface area contributed by atoms with E-state index in [0.29, 0.717) is 25.4 Å². The van der Waals surface area contributed by atoms with Gasteiger partial charge in [-0.25, -0.2) is 4.39 Å². The molecule has 2 aliphatic rings. The minimum atomic E-state index is -0.432. The molecule has 21 heavy (non-hydrogen) atoms. The van der Waals surface area contributed by atoms with Gasteiger partial charge in [-0.1, -0.05) is 26.8 Å². The summed E-state index contributed by atoms with van der Waals surface area (Å²) in [6, 6.07) is 3.41. The van der Waals surface area contributed by atoms with Gasteiger partial charge in [0.2, 0.25) is 0 Å². The van der Waals surface area contributed by atoms with Crippen molar-refractivity contribution in [2.45, 2.75) is 51.7 Å². The zero-order valence-corrected chi connectivity index (χ0v) is 13.0. The molecular formula is C17H24FNO2. The van der Waals surface area contributed by atoms with Gasteiger partial charge in [-0.3, -0.25) is 0 Å². The van der Waals surface area contributed by atoms with Crippen LogP contribution in [0.1, 0.15) is 50.8 Å².